The number of thiocarbonyl (C=S) groups is 1. The molecule has 0 spiro atoms. The minimum atomic E-state index is -3.23. The first-order chi connectivity index (χ1) is 12.8. The summed E-state index contributed by atoms with van der Waals surface area (Å²) in [5.74, 6) is -0.0611. The van der Waals surface area contributed by atoms with E-state index in [-0.39, 0.29) is 30.5 Å². The molecule has 2 aliphatic rings. The van der Waals surface area contributed by atoms with Crippen molar-refractivity contribution in [3.05, 3.63) is 52.7 Å². The van der Waals surface area contributed by atoms with Crippen LogP contribution in [0.25, 0.3) is 6.08 Å². The first kappa shape index (κ1) is 19.6. The third kappa shape index (κ3) is 5.18. The normalized spacial score (nSPS) is 23.0. The number of sulfone groups is 1. The van der Waals surface area contributed by atoms with Crippen LogP contribution in [0.15, 0.2) is 51.4 Å². The van der Waals surface area contributed by atoms with Crippen LogP contribution in [0.4, 0.5) is 0 Å². The number of hydrogen-bond donors (Lipinski definition) is 1. The summed E-state index contributed by atoms with van der Waals surface area (Å²) in [4.78, 5) is 26.3. The average molecular weight is 425 g/mol. The summed E-state index contributed by atoms with van der Waals surface area (Å²) in [6.07, 6.45) is 8.11. The van der Waals surface area contributed by atoms with Gasteiger partial charge in [-0.1, -0.05) is 30.1 Å². The fourth-order valence-corrected chi connectivity index (χ4v) is 4.98. The molecule has 0 aromatic carbocycles. The van der Waals surface area contributed by atoms with Crippen molar-refractivity contribution in [3.8, 4) is 0 Å². The van der Waals surface area contributed by atoms with Gasteiger partial charge < -0.3 is 9.73 Å². The largest absolute Gasteiger partial charge is 0.465 e. The van der Waals surface area contributed by atoms with Crippen LogP contribution in [0.5, 0.6) is 0 Å². The topological polar surface area (TPSA) is 96.7 Å². The molecule has 3 heterocycles. The Morgan fingerprint density at radius 2 is 2.30 bits per heavy atom. The first-order valence-electron chi connectivity index (χ1n) is 8.00. The third-order valence-corrected chi connectivity index (χ3v) is 6.56. The Morgan fingerprint density at radius 3 is 2.96 bits per heavy atom. The summed E-state index contributed by atoms with van der Waals surface area (Å²) >= 11 is 6.38. The highest BCUT2D eigenvalue weighted by molar-refractivity contribution is 8.26. The lowest BCUT2D eigenvalue weighted by Crippen LogP contribution is -2.38. The summed E-state index contributed by atoms with van der Waals surface area (Å²) in [6, 6.07) is 3.03. The van der Waals surface area contributed by atoms with Crippen molar-refractivity contribution in [2.24, 2.45) is 0 Å². The fraction of sp³-hybridized carbons (Fsp3) is 0.235. The van der Waals surface area contributed by atoms with E-state index < -0.39 is 15.9 Å². The van der Waals surface area contributed by atoms with Gasteiger partial charge in [-0.15, -0.1) is 0 Å². The van der Waals surface area contributed by atoms with E-state index in [4.69, 9.17) is 16.6 Å². The number of nitrogens with one attached hydrogen (secondary N) is 1. The molecule has 1 atom stereocenters. The average Bonchev–Trinajstić information content (AvgIpc) is 3.28. The highest BCUT2D eigenvalue weighted by Crippen LogP contribution is 2.31. The number of carbonyl (C=O) groups is 2. The second-order valence-corrected chi connectivity index (χ2v) is 9.42. The number of nitrogens with zero attached hydrogens (tertiary/aromatic N) is 1. The van der Waals surface area contributed by atoms with Gasteiger partial charge in [0.15, 0.2) is 9.84 Å². The second-order valence-electron chi connectivity index (χ2n) is 5.81. The van der Waals surface area contributed by atoms with Crippen LogP contribution in [0.2, 0.25) is 0 Å². The highest BCUT2D eigenvalue weighted by Gasteiger charge is 2.32. The molecule has 27 heavy (non-hydrogen) atoms. The number of thioether (sulfide) groups is 1. The maximum Gasteiger partial charge on any atom is 0.266 e. The summed E-state index contributed by atoms with van der Waals surface area (Å²) in [7, 11) is -3.23. The van der Waals surface area contributed by atoms with Crippen molar-refractivity contribution in [3.63, 3.8) is 0 Å². The predicted octanol–water partition coefficient (Wildman–Crippen LogP) is 1.85. The summed E-state index contributed by atoms with van der Waals surface area (Å²) in [6.45, 7) is 0.138. The van der Waals surface area contributed by atoms with Gasteiger partial charge in [-0.05, 0) is 30.4 Å². The standard InChI is InChI=1S/C17H16N2O5S3/c20-15(18-12-7-10-27(22,23)11-12)6-8-19-16(21)14(26-17(19)25)5-1-3-13-4-2-9-24-13/h1-5,7,9-10,12H,6,8,11H2,(H,18,20)/b3-1+,14-5-/t12-/m0/s1. The summed E-state index contributed by atoms with van der Waals surface area (Å²) in [5.41, 5.74) is 0. The van der Waals surface area contributed by atoms with Crippen LogP contribution in [0.1, 0.15) is 12.2 Å². The van der Waals surface area contributed by atoms with E-state index in [0.717, 1.165) is 5.41 Å². The molecule has 3 rings (SSSR count). The van der Waals surface area contributed by atoms with Crippen molar-refractivity contribution >= 4 is 56.0 Å². The molecule has 0 bridgehead atoms. The number of furan rings is 1. The molecule has 1 N–H and O–H groups in total. The van der Waals surface area contributed by atoms with Gasteiger partial charge >= 0.3 is 0 Å². The third-order valence-electron chi connectivity index (χ3n) is 3.76. The van der Waals surface area contributed by atoms with Crippen molar-refractivity contribution in [2.45, 2.75) is 12.5 Å². The van der Waals surface area contributed by atoms with Gasteiger partial charge in [0.05, 0.1) is 23.0 Å². The van der Waals surface area contributed by atoms with Crippen molar-refractivity contribution in [2.75, 3.05) is 12.3 Å². The van der Waals surface area contributed by atoms with Crippen molar-refractivity contribution in [1.82, 2.24) is 10.2 Å². The molecule has 10 heteroatoms. The lowest BCUT2D eigenvalue weighted by atomic mass is 10.3. The van der Waals surface area contributed by atoms with Gasteiger partial charge in [-0.25, -0.2) is 8.42 Å². The molecule has 0 saturated carbocycles. The van der Waals surface area contributed by atoms with Crippen LogP contribution in [0, 0.1) is 0 Å². The summed E-state index contributed by atoms with van der Waals surface area (Å²) < 4.78 is 28.2. The fourth-order valence-electron chi connectivity index (χ4n) is 2.48. The minimum Gasteiger partial charge on any atom is -0.465 e. The van der Waals surface area contributed by atoms with Gasteiger partial charge in [0, 0.05) is 18.4 Å². The zero-order valence-electron chi connectivity index (χ0n) is 14.0. The lowest BCUT2D eigenvalue weighted by Gasteiger charge is -2.15. The molecular weight excluding hydrogens is 408 g/mol. The van der Waals surface area contributed by atoms with E-state index in [1.807, 2.05) is 0 Å². The Morgan fingerprint density at radius 1 is 1.48 bits per heavy atom. The van der Waals surface area contributed by atoms with Crippen LogP contribution in [-0.2, 0) is 19.4 Å². The van der Waals surface area contributed by atoms with Crippen LogP contribution in [0.3, 0.4) is 0 Å². The monoisotopic (exact) mass is 424 g/mol. The van der Waals surface area contributed by atoms with Crippen molar-refractivity contribution in [1.29, 1.82) is 0 Å². The number of rotatable bonds is 6. The van der Waals surface area contributed by atoms with Crippen LogP contribution in [-0.4, -0.2) is 47.8 Å². The predicted molar refractivity (Wildman–Crippen MR) is 107 cm³/mol. The van der Waals surface area contributed by atoms with Gasteiger partial charge in [-0.3, -0.25) is 14.5 Å². The molecular formula is C17H16N2O5S3. The Balaban J connectivity index is 1.51. The smallest absolute Gasteiger partial charge is 0.266 e. The van der Waals surface area contributed by atoms with E-state index in [2.05, 4.69) is 5.32 Å². The van der Waals surface area contributed by atoms with Gasteiger partial charge in [0.25, 0.3) is 5.91 Å². The van der Waals surface area contributed by atoms with Gasteiger partial charge in [0.2, 0.25) is 5.91 Å². The Labute approximate surface area is 166 Å². The molecule has 7 nitrogen and oxygen atoms in total. The Hall–Kier alpha value is -2.17. The number of carbonyl (C=O) groups excluding carboxylic acids is 2. The molecule has 0 aliphatic carbocycles. The molecule has 2 aliphatic heterocycles. The molecule has 142 valence electrons. The number of allylic oxidation sites excluding steroid dienone is 2. The molecule has 1 aromatic rings. The molecule has 0 radical (unpaired) electrons. The van der Waals surface area contributed by atoms with Gasteiger partial charge in [0.1, 0.15) is 10.1 Å². The van der Waals surface area contributed by atoms with E-state index in [1.54, 1.807) is 36.6 Å². The zero-order chi connectivity index (χ0) is 19.4. The highest BCUT2D eigenvalue weighted by atomic mass is 32.2. The molecule has 0 unspecified atom stereocenters. The zero-order valence-corrected chi connectivity index (χ0v) is 16.5. The molecule has 1 aromatic heterocycles. The van der Waals surface area contributed by atoms with E-state index in [9.17, 15) is 18.0 Å². The quantitative estimate of drug-likeness (QED) is 0.550. The number of amides is 2. The van der Waals surface area contributed by atoms with Crippen LogP contribution < -0.4 is 5.32 Å². The summed E-state index contributed by atoms with van der Waals surface area (Å²) in [5, 5.41) is 3.72. The maximum atomic E-state index is 12.4. The molecule has 2 amide bonds. The van der Waals surface area contributed by atoms with E-state index in [1.165, 1.54) is 22.7 Å². The minimum absolute atomic E-state index is 0.0341. The van der Waals surface area contributed by atoms with Crippen LogP contribution >= 0.6 is 24.0 Å². The van der Waals surface area contributed by atoms with Crippen molar-refractivity contribution < 1.29 is 22.4 Å². The number of hydrogen-bond acceptors (Lipinski definition) is 7. The van der Waals surface area contributed by atoms with E-state index in [0.29, 0.717) is 15.0 Å². The van der Waals surface area contributed by atoms with E-state index >= 15 is 0 Å². The molecule has 1 saturated heterocycles. The first-order valence-corrected chi connectivity index (χ1v) is 10.9. The second kappa shape index (κ2) is 8.24. The Kier molecular flexibility index (Phi) is 5.98. The van der Waals surface area contributed by atoms with Gasteiger partial charge in [-0.2, -0.15) is 0 Å². The SMILES string of the molecule is O=C(CCN1C(=O)/C(=C/C=C/c2ccco2)SC1=S)N[C@H]1C=CS(=O)(=O)C1. The molecule has 1 fully saturated rings. The lowest BCUT2D eigenvalue weighted by molar-refractivity contribution is -0.124. The maximum absolute atomic E-state index is 12.4. The Bertz CT molecular complexity index is 945.